The fourth-order valence-electron chi connectivity index (χ4n) is 5.73. The summed E-state index contributed by atoms with van der Waals surface area (Å²) in [6.07, 6.45) is 2.53. The predicted octanol–water partition coefficient (Wildman–Crippen LogP) is 4.60. The lowest BCUT2D eigenvalue weighted by Gasteiger charge is -2.43. The van der Waals surface area contributed by atoms with E-state index in [-0.39, 0.29) is 24.5 Å². The third-order valence-electron chi connectivity index (χ3n) is 7.84. The van der Waals surface area contributed by atoms with Crippen LogP contribution in [-0.2, 0) is 28.6 Å². The van der Waals surface area contributed by atoms with Crippen molar-refractivity contribution in [2.75, 3.05) is 0 Å². The fraction of sp³-hybridized carbons (Fsp3) is 0.548. The maximum absolute atomic E-state index is 13.2. The van der Waals surface area contributed by atoms with Gasteiger partial charge in [-0.05, 0) is 50.8 Å². The second-order valence-electron chi connectivity index (χ2n) is 11.5. The molecule has 2 aliphatic rings. The molecule has 0 aromatic heterocycles. The molecular formula is C31H40O8. The summed E-state index contributed by atoms with van der Waals surface area (Å²) in [6.45, 7) is 11.5. The summed E-state index contributed by atoms with van der Waals surface area (Å²) >= 11 is 0. The quantitative estimate of drug-likeness (QED) is 0.335. The summed E-state index contributed by atoms with van der Waals surface area (Å²) in [5, 5.41) is 11.0. The zero-order valence-corrected chi connectivity index (χ0v) is 23.8. The molecule has 0 spiro atoms. The first kappa shape index (κ1) is 30.3. The molecule has 8 nitrogen and oxygen atoms in total. The largest absolute Gasteiger partial charge is 0.458 e. The molecule has 3 rings (SSSR count). The first-order valence-corrected chi connectivity index (χ1v) is 13.4. The average molecular weight is 541 g/mol. The smallest absolute Gasteiger partial charge is 0.338 e. The Morgan fingerprint density at radius 2 is 1.64 bits per heavy atom. The number of esters is 3. The van der Waals surface area contributed by atoms with Crippen molar-refractivity contribution in [2.45, 2.75) is 85.2 Å². The van der Waals surface area contributed by atoms with E-state index >= 15 is 0 Å². The van der Waals surface area contributed by atoms with Gasteiger partial charge in [0.15, 0.2) is 5.60 Å². The SMILES string of the molecule is CC(=O)O[C@@H]1[C@H](C)C=CC(C)(C)C(=O)C[C@@H](O)C(C)=C[C@H]2[C@@H](OC(=O)c3ccccc3)[C@@H](C)C[C@@]12OC(C)=O. The molecule has 0 bridgehead atoms. The molecule has 0 saturated heterocycles. The third kappa shape index (κ3) is 6.67. The van der Waals surface area contributed by atoms with Crippen molar-refractivity contribution in [3.8, 4) is 0 Å². The number of hydrogen-bond donors (Lipinski definition) is 1. The summed E-state index contributed by atoms with van der Waals surface area (Å²) in [4.78, 5) is 51.2. The zero-order valence-electron chi connectivity index (χ0n) is 23.8. The van der Waals surface area contributed by atoms with E-state index in [2.05, 4.69) is 0 Å². The van der Waals surface area contributed by atoms with Gasteiger partial charge < -0.3 is 19.3 Å². The molecular weight excluding hydrogens is 500 g/mol. The summed E-state index contributed by atoms with van der Waals surface area (Å²) < 4.78 is 18.0. The Bertz CT molecular complexity index is 1150. The molecule has 1 aromatic rings. The Morgan fingerprint density at radius 1 is 1.00 bits per heavy atom. The Balaban J connectivity index is 2.23. The van der Waals surface area contributed by atoms with Crippen LogP contribution in [0.2, 0.25) is 0 Å². The van der Waals surface area contributed by atoms with Gasteiger partial charge in [-0.2, -0.15) is 0 Å². The molecule has 212 valence electrons. The molecule has 0 radical (unpaired) electrons. The topological polar surface area (TPSA) is 116 Å². The van der Waals surface area contributed by atoms with Crippen LogP contribution in [0.1, 0.15) is 71.7 Å². The lowest BCUT2D eigenvalue weighted by Crippen LogP contribution is -2.55. The highest BCUT2D eigenvalue weighted by molar-refractivity contribution is 5.89. The van der Waals surface area contributed by atoms with Gasteiger partial charge in [0, 0.05) is 31.6 Å². The predicted molar refractivity (Wildman–Crippen MR) is 144 cm³/mol. The van der Waals surface area contributed by atoms with E-state index < -0.39 is 59.1 Å². The van der Waals surface area contributed by atoms with E-state index in [4.69, 9.17) is 14.2 Å². The van der Waals surface area contributed by atoms with Crippen LogP contribution in [0, 0.1) is 23.2 Å². The van der Waals surface area contributed by atoms with Crippen LogP contribution in [0.15, 0.2) is 54.1 Å². The van der Waals surface area contributed by atoms with Crippen molar-refractivity contribution in [3.63, 3.8) is 0 Å². The number of carbonyl (C=O) groups is 4. The van der Waals surface area contributed by atoms with Gasteiger partial charge in [0.25, 0.3) is 0 Å². The number of Topliss-reactive ketones (excluding diaryl/α,β-unsaturated/α-hetero) is 1. The minimum atomic E-state index is -1.41. The monoisotopic (exact) mass is 540 g/mol. The number of rotatable bonds is 4. The van der Waals surface area contributed by atoms with Crippen molar-refractivity contribution >= 4 is 23.7 Å². The Labute approximate surface area is 230 Å². The minimum Gasteiger partial charge on any atom is -0.458 e. The van der Waals surface area contributed by atoms with E-state index in [1.807, 2.05) is 13.8 Å². The number of aliphatic hydroxyl groups is 1. The number of carbonyl (C=O) groups excluding carboxylic acids is 4. The molecule has 0 amide bonds. The van der Waals surface area contributed by atoms with E-state index in [0.717, 1.165) is 0 Å². The molecule has 2 aliphatic carbocycles. The van der Waals surface area contributed by atoms with E-state index in [1.54, 1.807) is 69.3 Å². The molecule has 1 aromatic carbocycles. The lowest BCUT2D eigenvalue weighted by atomic mass is 9.75. The van der Waals surface area contributed by atoms with Gasteiger partial charge in [0.05, 0.1) is 17.6 Å². The molecule has 7 atom stereocenters. The third-order valence-corrected chi connectivity index (χ3v) is 7.84. The van der Waals surface area contributed by atoms with Crippen LogP contribution in [0.5, 0.6) is 0 Å². The minimum absolute atomic E-state index is 0.112. The lowest BCUT2D eigenvalue weighted by molar-refractivity contribution is -0.195. The second kappa shape index (κ2) is 11.9. The fourth-order valence-corrected chi connectivity index (χ4v) is 5.73. The molecule has 39 heavy (non-hydrogen) atoms. The zero-order chi connectivity index (χ0) is 29.1. The Hall–Kier alpha value is -3.26. The highest BCUT2D eigenvalue weighted by atomic mass is 16.6. The molecule has 0 heterocycles. The molecule has 0 aliphatic heterocycles. The second-order valence-corrected chi connectivity index (χ2v) is 11.5. The van der Waals surface area contributed by atoms with Gasteiger partial charge in [-0.3, -0.25) is 14.4 Å². The standard InChI is InChI=1S/C31H40O8/c1-18-13-14-30(6,7)26(35)16-25(34)19(2)15-24-27(38-29(36)23-11-9-8-10-12-23)20(3)17-31(24,39-22(5)33)28(18)37-21(4)32/h8-15,18,20,24-25,27-28,34H,16-17H2,1-7H3/t18-,20+,24+,25-,27+,28-,31+/m1/s1. The molecule has 1 N–H and O–H groups in total. The number of hydrogen-bond acceptors (Lipinski definition) is 8. The van der Waals surface area contributed by atoms with Crippen LogP contribution in [0.25, 0.3) is 0 Å². The Kier molecular flexibility index (Phi) is 9.21. The maximum atomic E-state index is 13.2. The molecule has 8 heteroatoms. The van der Waals surface area contributed by atoms with Crippen LogP contribution in [0.4, 0.5) is 0 Å². The van der Waals surface area contributed by atoms with Crippen LogP contribution in [0.3, 0.4) is 0 Å². The molecule has 0 unspecified atom stereocenters. The average Bonchev–Trinajstić information content (AvgIpc) is 3.10. The summed E-state index contributed by atoms with van der Waals surface area (Å²) in [5.74, 6) is -3.40. The van der Waals surface area contributed by atoms with E-state index in [0.29, 0.717) is 11.1 Å². The van der Waals surface area contributed by atoms with Crippen molar-refractivity contribution in [1.29, 1.82) is 0 Å². The van der Waals surface area contributed by atoms with E-state index in [9.17, 15) is 24.3 Å². The van der Waals surface area contributed by atoms with E-state index in [1.165, 1.54) is 13.8 Å². The van der Waals surface area contributed by atoms with Crippen molar-refractivity contribution in [2.24, 2.45) is 23.2 Å². The normalized spacial score (nSPS) is 32.6. The number of ketones is 1. The number of ether oxygens (including phenoxy) is 3. The van der Waals surface area contributed by atoms with Gasteiger partial charge in [0.2, 0.25) is 0 Å². The number of allylic oxidation sites excluding steroid dienone is 1. The van der Waals surface area contributed by atoms with Crippen LogP contribution < -0.4 is 0 Å². The Morgan fingerprint density at radius 3 is 2.23 bits per heavy atom. The van der Waals surface area contributed by atoms with Gasteiger partial charge in [-0.25, -0.2) is 4.79 Å². The summed E-state index contributed by atoms with van der Waals surface area (Å²) in [6, 6.07) is 8.56. The van der Waals surface area contributed by atoms with Gasteiger partial charge >= 0.3 is 17.9 Å². The van der Waals surface area contributed by atoms with Crippen molar-refractivity contribution in [1.82, 2.24) is 0 Å². The molecule has 1 fully saturated rings. The highest BCUT2D eigenvalue weighted by Crippen LogP contribution is 2.51. The van der Waals surface area contributed by atoms with Crippen LogP contribution in [-0.4, -0.2) is 52.7 Å². The number of benzene rings is 1. The first-order chi connectivity index (χ1) is 18.2. The first-order valence-electron chi connectivity index (χ1n) is 13.4. The highest BCUT2D eigenvalue weighted by Gasteiger charge is 2.62. The maximum Gasteiger partial charge on any atom is 0.338 e. The summed E-state index contributed by atoms with van der Waals surface area (Å²) in [5.41, 5.74) is -1.46. The number of aliphatic hydroxyl groups excluding tert-OH is 1. The van der Waals surface area contributed by atoms with Gasteiger partial charge in [-0.15, -0.1) is 0 Å². The van der Waals surface area contributed by atoms with Gasteiger partial charge in [-0.1, -0.05) is 50.3 Å². The molecule has 1 saturated carbocycles. The number of fused-ring (bicyclic) bond motifs is 1. The summed E-state index contributed by atoms with van der Waals surface area (Å²) in [7, 11) is 0. The van der Waals surface area contributed by atoms with Gasteiger partial charge in [0.1, 0.15) is 18.0 Å². The van der Waals surface area contributed by atoms with Crippen molar-refractivity contribution in [3.05, 3.63) is 59.7 Å². The van der Waals surface area contributed by atoms with Crippen LogP contribution >= 0.6 is 0 Å². The van der Waals surface area contributed by atoms with Crippen molar-refractivity contribution < 1.29 is 38.5 Å².